The largest absolute Gasteiger partial charge is 0.285 e. The molecule has 110 valence electrons. The van der Waals surface area contributed by atoms with E-state index in [2.05, 4.69) is 31.1 Å². The van der Waals surface area contributed by atoms with Gasteiger partial charge in [0.25, 0.3) is 0 Å². The van der Waals surface area contributed by atoms with Crippen LogP contribution in [0, 0.1) is 17.8 Å². The predicted octanol–water partition coefficient (Wildman–Crippen LogP) is 5.39. The Balaban J connectivity index is 2.44. The van der Waals surface area contributed by atoms with Crippen LogP contribution in [0.2, 0.25) is 0 Å². The Kier molecular flexibility index (Phi) is 8.73. The quantitative estimate of drug-likeness (QED) is 0.473. The van der Waals surface area contributed by atoms with Crippen LogP contribution in [0.15, 0.2) is 15.7 Å². The van der Waals surface area contributed by atoms with Crippen LogP contribution in [0.1, 0.15) is 57.9 Å². The number of hydrogen-bond acceptors (Lipinski definition) is 3. The molecule has 0 aliphatic carbocycles. The smallest absolute Gasteiger partial charge is 0.205 e. The molecule has 1 aromatic rings. The molecule has 0 aromatic carbocycles. The van der Waals surface area contributed by atoms with E-state index >= 15 is 0 Å². The van der Waals surface area contributed by atoms with Gasteiger partial charge in [0.1, 0.15) is 0 Å². The second kappa shape index (κ2) is 10.1. The van der Waals surface area contributed by atoms with Crippen molar-refractivity contribution in [1.82, 2.24) is 0 Å². The monoisotopic (exact) mass is 308 g/mol. The maximum absolute atomic E-state index is 11.9. The fourth-order valence-electron chi connectivity index (χ4n) is 2.11. The van der Waals surface area contributed by atoms with Crippen molar-refractivity contribution in [3.63, 3.8) is 0 Å². The molecule has 3 heteroatoms. The Labute approximate surface area is 131 Å². The SMILES string of the molecule is CCCCC(CC)CCC(=O)C#Cc1cscc1SC. The first-order chi connectivity index (χ1) is 9.71. The van der Waals surface area contributed by atoms with Gasteiger partial charge in [0.15, 0.2) is 0 Å². The van der Waals surface area contributed by atoms with E-state index in [1.54, 1.807) is 23.1 Å². The molecule has 1 heterocycles. The van der Waals surface area contributed by atoms with Gasteiger partial charge in [-0.1, -0.05) is 45.5 Å². The van der Waals surface area contributed by atoms with E-state index in [4.69, 9.17) is 0 Å². The molecule has 1 aromatic heterocycles. The van der Waals surface area contributed by atoms with Crippen molar-refractivity contribution in [2.24, 2.45) is 5.92 Å². The second-order valence-corrected chi connectivity index (χ2v) is 6.57. The molecule has 1 atom stereocenters. The minimum Gasteiger partial charge on any atom is -0.285 e. The Hall–Kier alpha value is -0.720. The molecule has 0 spiro atoms. The third kappa shape index (κ3) is 6.15. The molecular formula is C17H24OS2. The summed E-state index contributed by atoms with van der Waals surface area (Å²) in [5.41, 5.74) is 0.994. The summed E-state index contributed by atoms with van der Waals surface area (Å²) >= 11 is 3.32. The lowest BCUT2D eigenvalue weighted by Crippen LogP contribution is -2.03. The molecule has 0 amide bonds. The van der Waals surface area contributed by atoms with E-state index in [1.807, 2.05) is 11.6 Å². The first-order valence-electron chi connectivity index (χ1n) is 7.36. The van der Waals surface area contributed by atoms with Crippen LogP contribution in [0.25, 0.3) is 0 Å². The highest BCUT2D eigenvalue weighted by molar-refractivity contribution is 7.98. The molecule has 1 nitrogen and oxygen atoms in total. The van der Waals surface area contributed by atoms with Gasteiger partial charge in [-0.25, -0.2) is 0 Å². The fraction of sp³-hybridized carbons (Fsp3) is 0.588. The highest BCUT2D eigenvalue weighted by Gasteiger charge is 2.08. The zero-order chi connectivity index (χ0) is 14.8. The van der Waals surface area contributed by atoms with E-state index < -0.39 is 0 Å². The number of carbonyl (C=O) groups excluding carboxylic acids is 1. The number of ketones is 1. The van der Waals surface area contributed by atoms with E-state index in [9.17, 15) is 4.79 Å². The maximum Gasteiger partial charge on any atom is 0.205 e. The van der Waals surface area contributed by atoms with Crippen LogP contribution >= 0.6 is 23.1 Å². The topological polar surface area (TPSA) is 17.1 Å². The first-order valence-corrected chi connectivity index (χ1v) is 9.53. The van der Waals surface area contributed by atoms with Gasteiger partial charge < -0.3 is 0 Å². The predicted molar refractivity (Wildman–Crippen MR) is 90.5 cm³/mol. The normalized spacial score (nSPS) is 11.8. The molecule has 0 aliphatic rings. The van der Waals surface area contributed by atoms with Gasteiger partial charge in [0.2, 0.25) is 5.78 Å². The zero-order valence-electron chi connectivity index (χ0n) is 12.7. The molecule has 0 aliphatic heterocycles. The van der Waals surface area contributed by atoms with Crippen molar-refractivity contribution in [2.75, 3.05) is 6.26 Å². The first kappa shape index (κ1) is 17.3. The fourth-order valence-corrected chi connectivity index (χ4v) is 3.71. The summed E-state index contributed by atoms with van der Waals surface area (Å²) in [7, 11) is 0. The second-order valence-electron chi connectivity index (χ2n) is 4.98. The van der Waals surface area contributed by atoms with Crippen molar-refractivity contribution >= 4 is 28.9 Å². The van der Waals surface area contributed by atoms with Crippen LogP contribution in [-0.2, 0) is 4.79 Å². The number of carbonyl (C=O) groups is 1. The van der Waals surface area contributed by atoms with Crippen LogP contribution in [0.4, 0.5) is 0 Å². The van der Waals surface area contributed by atoms with Crippen molar-refractivity contribution in [2.45, 2.75) is 57.3 Å². The van der Waals surface area contributed by atoms with E-state index in [1.165, 1.54) is 30.6 Å². The Morgan fingerprint density at radius 2 is 2.15 bits per heavy atom. The molecule has 0 saturated carbocycles. The molecule has 20 heavy (non-hydrogen) atoms. The molecule has 0 bridgehead atoms. The van der Waals surface area contributed by atoms with Crippen molar-refractivity contribution in [1.29, 1.82) is 0 Å². The van der Waals surface area contributed by atoms with Crippen molar-refractivity contribution in [3.8, 4) is 11.8 Å². The Bertz CT molecular complexity index is 465. The minimum atomic E-state index is 0.0817. The molecule has 0 saturated heterocycles. The van der Waals surface area contributed by atoms with Gasteiger partial charge in [0.05, 0.1) is 0 Å². The lowest BCUT2D eigenvalue weighted by molar-refractivity contribution is -0.114. The Morgan fingerprint density at radius 3 is 2.80 bits per heavy atom. The highest BCUT2D eigenvalue weighted by atomic mass is 32.2. The van der Waals surface area contributed by atoms with Crippen LogP contribution in [0.5, 0.6) is 0 Å². The van der Waals surface area contributed by atoms with Crippen LogP contribution in [0.3, 0.4) is 0 Å². The van der Waals surface area contributed by atoms with Gasteiger partial charge in [-0.15, -0.1) is 23.1 Å². The van der Waals surface area contributed by atoms with Gasteiger partial charge in [-0.3, -0.25) is 4.79 Å². The third-order valence-corrected chi connectivity index (χ3v) is 5.18. The van der Waals surface area contributed by atoms with Gasteiger partial charge in [0, 0.05) is 27.6 Å². The third-order valence-electron chi connectivity index (χ3n) is 3.51. The number of unbranched alkanes of at least 4 members (excludes halogenated alkanes) is 1. The molecular weight excluding hydrogens is 284 g/mol. The molecule has 0 fully saturated rings. The standard InChI is InChI=1S/C17H24OS2/c1-4-6-7-14(5-2)8-10-16(18)11-9-15-12-20-13-17(15)19-3/h12-14H,4-8,10H2,1-3H3. The average Bonchev–Trinajstić information content (AvgIpc) is 2.92. The van der Waals surface area contributed by atoms with E-state index in [0.717, 1.165) is 12.0 Å². The minimum absolute atomic E-state index is 0.0817. The van der Waals surface area contributed by atoms with Crippen molar-refractivity contribution < 1.29 is 4.79 Å². The summed E-state index contributed by atoms with van der Waals surface area (Å²) in [6.07, 6.45) is 8.55. The summed E-state index contributed by atoms with van der Waals surface area (Å²) in [4.78, 5) is 13.0. The zero-order valence-corrected chi connectivity index (χ0v) is 14.3. The average molecular weight is 309 g/mol. The van der Waals surface area contributed by atoms with Gasteiger partial charge in [-0.05, 0) is 24.5 Å². The van der Waals surface area contributed by atoms with Crippen molar-refractivity contribution in [3.05, 3.63) is 16.3 Å². The lowest BCUT2D eigenvalue weighted by Gasteiger charge is -2.12. The molecule has 1 unspecified atom stereocenters. The number of thioether (sulfide) groups is 1. The summed E-state index contributed by atoms with van der Waals surface area (Å²) in [6.45, 7) is 4.43. The number of thiophene rings is 1. The molecule has 0 radical (unpaired) electrons. The summed E-state index contributed by atoms with van der Waals surface area (Å²) in [6, 6.07) is 0. The van der Waals surface area contributed by atoms with E-state index in [-0.39, 0.29) is 5.78 Å². The van der Waals surface area contributed by atoms with E-state index in [0.29, 0.717) is 12.3 Å². The van der Waals surface area contributed by atoms with Crippen LogP contribution in [-0.4, -0.2) is 12.0 Å². The Morgan fingerprint density at radius 1 is 1.35 bits per heavy atom. The lowest BCUT2D eigenvalue weighted by atomic mass is 9.93. The number of rotatable bonds is 8. The van der Waals surface area contributed by atoms with Gasteiger partial charge >= 0.3 is 0 Å². The number of Topliss-reactive ketones (excluding diaryl/α,β-unsaturated/α-hetero) is 1. The molecule has 0 N–H and O–H groups in total. The van der Waals surface area contributed by atoms with Crippen LogP contribution < -0.4 is 0 Å². The maximum atomic E-state index is 11.9. The number of hydrogen-bond donors (Lipinski definition) is 0. The molecule has 1 rings (SSSR count). The summed E-state index contributed by atoms with van der Waals surface area (Å²) < 4.78 is 0. The van der Waals surface area contributed by atoms with Gasteiger partial charge in [-0.2, -0.15) is 0 Å². The summed E-state index contributed by atoms with van der Waals surface area (Å²) in [5, 5.41) is 4.10. The summed E-state index contributed by atoms with van der Waals surface area (Å²) in [5.74, 6) is 6.58. The highest BCUT2D eigenvalue weighted by Crippen LogP contribution is 2.23.